The molecule has 0 N–H and O–H groups in total. The first-order valence-corrected chi connectivity index (χ1v) is 17.8. The highest BCUT2D eigenvalue weighted by Crippen LogP contribution is 2.39. The second-order valence-corrected chi connectivity index (χ2v) is 13.2. The molecule has 0 bridgehead atoms. The Hall–Kier alpha value is -7.17. The predicted molar refractivity (Wildman–Crippen MR) is 217 cm³/mol. The van der Waals surface area contributed by atoms with Gasteiger partial charge in [0.25, 0.3) is 0 Å². The summed E-state index contributed by atoms with van der Waals surface area (Å²) in [7, 11) is 0. The van der Waals surface area contributed by atoms with Crippen molar-refractivity contribution >= 4 is 32.7 Å². The first-order chi connectivity index (χ1) is 26.2. The zero-order chi connectivity index (χ0) is 35.1. The first-order valence-electron chi connectivity index (χ1n) is 17.8. The van der Waals surface area contributed by atoms with Crippen LogP contribution in [0.3, 0.4) is 0 Å². The number of fused-ring (bicyclic) bond motifs is 4. The molecule has 0 spiro atoms. The average Bonchev–Trinajstić information content (AvgIpc) is 3.62. The standard InChI is InChI=1S/C49H31N3O/c1-3-10-32(11-4-1)34-18-23-36(24-19-34)42-16-9-17-45-46(42)43-31-41(28-29-44(43)53-45)49-51-47(37-13-5-2-6-14-37)50-48(52-49)38-25-20-35(21-26-38)40-27-22-33-12-7-8-15-39(33)30-40/h1-31H. The van der Waals surface area contributed by atoms with Gasteiger partial charge >= 0.3 is 0 Å². The van der Waals surface area contributed by atoms with E-state index in [9.17, 15) is 0 Å². The summed E-state index contributed by atoms with van der Waals surface area (Å²) in [6, 6.07) is 65.3. The molecule has 10 aromatic rings. The van der Waals surface area contributed by atoms with Gasteiger partial charge in [0.1, 0.15) is 11.2 Å². The normalized spacial score (nSPS) is 11.4. The van der Waals surface area contributed by atoms with Gasteiger partial charge in [-0.05, 0) is 74.5 Å². The lowest BCUT2D eigenvalue weighted by molar-refractivity contribution is 0.669. The summed E-state index contributed by atoms with van der Waals surface area (Å²) < 4.78 is 6.40. The third-order valence-corrected chi connectivity index (χ3v) is 9.95. The number of hydrogen-bond acceptors (Lipinski definition) is 4. The number of benzene rings is 8. The minimum Gasteiger partial charge on any atom is -0.456 e. The molecule has 0 saturated carbocycles. The lowest BCUT2D eigenvalue weighted by atomic mass is 9.96. The average molecular weight is 678 g/mol. The molecule has 8 aromatic carbocycles. The largest absolute Gasteiger partial charge is 0.456 e. The Morgan fingerprint density at radius 1 is 0.302 bits per heavy atom. The zero-order valence-electron chi connectivity index (χ0n) is 28.6. The van der Waals surface area contributed by atoms with E-state index >= 15 is 0 Å². The molecule has 4 heteroatoms. The van der Waals surface area contributed by atoms with Crippen LogP contribution in [0.15, 0.2) is 192 Å². The Balaban J connectivity index is 1.07. The smallest absolute Gasteiger partial charge is 0.164 e. The Labute approximate surface area is 306 Å². The van der Waals surface area contributed by atoms with Gasteiger partial charge in [0, 0.05) is 27.5 Å². The molecule has 4 nitrogen and oxygen atoms in total. The molecule has 2 heterocycles. The van der Waals surface area contributed by atoms with Crippen LogP contribution in [-0.2, 0) is 0 Å². The fourth-order valence-electron chi connectivity index (χ4n) is 7.21. The van der Waals surface area contributed by atoms with Crippen LogP contribution < -0.4 is 0 Å². The summed E-state index contributed by atoms with van der Waals surface area (Å²) in [5, 5.41) is 4.54. The number of rotatable bonds is 6. The number of nitrogens with zero attached hydrogens (tertiary/aromatic N) is 3. The molecule has 0 unspecified atom stereocenters. The van der Waals surface area contributed by atoms with Crippen LogP contribution >= 0.6 is 0 Å². The van der Waals surface area contributed by atoms with Crippen molar-refractivity contribution < 1.29 is 4.42 Å². The highest BCUT2D eigenvalue weighted by Gasteiger charge is 2.17. The van der Waals surface area contributed by atoms with E-state index in [4.69, 9.17) is 19.4 Å². The van der Waals surface area contributed by atoms with Crippen molar-refractivity contribution in [1.82, 2.24) is 15.0 Å². The van der Waals surface area contributed by atoms with Crippen molar-refractivity contribution in [1.29, 1.82) is 0 Å². The molecule has 0 fully saturated rings. The van der Waals surface area contributed by atoms with Crippen LogP contribution in [0.1, 0.15) is 0 Å². The van der Waals surface area contributed by atoms with Crippen LogP contribution in [0.4, 0.5) is 0 Å². The van der Waals surface area contributed by atoms with E-state index in [1.54, 1.807) is 0 Å². The highest BCUT2D eigenvalue weighted by atomic mass is 16.3. The van der Waals surface area contributed by atoms with Crippen molar-refractivity contribution in [3.63, 3.8) is 0 Å². The first kappa shape index (κ1) is 30.6. The van der Waals surface area contributed by atoms with Gasteiger partial charge in [-0.1, -0.05) is 158 Å². The molecule has 0 radical (unpaired) electrons. The maximum Gasteiger partial charge on any atom is 0.164 e. The van der Waals surface area contributed by atoms with Crippen molar-refractivity contribution in [2.75, 3.05) is 0 Å². The van der Waals surface area contributed by atoms with E-state index < -0.39 is 0 Å². The molecule has 53 heavy (non-hydrogen) atoms. The topological polar surface area (TPSA) is 51.8 Å². The van der Waals surface area contributed by atoms with Crippen molar-refractivity contribution in [3.05, 3.63) is 188 Å². The maximum absolute atomic E-state index is 6.40. The van der Waals surface area contributed by atoms with Gasteiger partial charge < -0.3 is 4.42 Å². The predicted octanol–water partition coefficient (Wildman–Crippen LogP) is 12.9. The molecule has 2 aromatic heterocycles. The molecule has 10 rings (SSSR count). The summed E-state index contributed by atoms with van der Waals surface area (Å²) in [5.74, 6) is 1.85. The van der Waals surface area contributed by atoms with E-state index in [0.29, 0.717) is 17.5 Å². The van der Waals surface area contributed by atoms with Crippen molar-refractivity contribution in [2.24, 2.45) is 0 Å². The third kappa shape index (κ3) is 5.73. The quantitative estimate of drug-likeness (QED) is 0.176. The molecule has 0 amide bonds. The van der Waals surface area contributed by atoms with Crippen LogP contribution in [-0.4, -0.2) is 15.0 Å². The Bertz CT molecular complexity index is 2910. The third-order valence-electron chi connectivity index (χ3n) is 9.95. The van der Waals surface area contributed by atoms with Gasteiger partial charge in [-0.2, -0.15) is 0 Å². The molecular weight excluding hydrogens is 647 g/mol. The van der Waals surface area contributed by atoms with Gasteiger partial charge in [0.05, 0.1) is 0 Å². The summed E-state index contributed by atoms with van der Waals surface area (Å²) in [6.07, 6.45) is 0. The van der Waals surface area contributed by atoms with Crippen molar-refractivity contribution in [2.45, 2.75) is 0 Å². The molecule has 0 aliphatic rings. The monoisotopic (exact) mass is 677 g/mol. The Morgan fingerprint density at radius 3 is 1.53 bits per heavy atom. The van der Waals surface area contributed by atoms with Gasteiger partial charge in [-0.3, -0.25) is 0 Å². The zero-order valence-corrected chi connectivity index (χ0v) is 28.6. The summed E-state index contributed by atoms with van der Waals surface area (Å²) >= 11 is 0. The Morgan fingerprint density at radius 2 is 0.811 bits per heavy atom. The fraction of sp³-hybridized carbons (Fsp3) is 0. The molecule has 248 valence electrons. The molecular formula is C49H31N3O. The lowest BCUT2D eigenvalue weighted by Crippen LogP contribution is -2.00. The van der Waals surface area contributed by atoms with E-state index in [0.717, 1.165) is 55.3 Å². The van der Waals surface area contributed by atoms with Crippen LogP contribution in [0.5, 0.6) is 0 Å². The second-order valence-electron chi connectivity index (χ2n) is 13.2. The summed E-state index contributed by atoms with van der Waals surface area (Å²) in [4.78, 5) is 15.1. The van der Waals surface area contributed by atoms with Crippen molar-refractivity contribution in [3.8, 4) is 67.5 Å². The van der Waals surface area contributed by atoms with Gasteiger partial charge in [-0.15, -0.1) is 0 Å². The molecule has 0 aliphatic heterocycles. The van der Waals surface area contributed by atoms with E-state index in [2.05, 4.69) is 133 Å². The van der Waals surface area contributed by atoms with Crippen LogP contribution in [0.25, 0.3) is 100 Å². The fourth-order valence-corrected chi connectivity index (χ4v) is 7.21. The number of hydrogen-bond donors (Lipinski definition) is 0. The van der Waals surface area contributed by atoms with Gasteiger partial charge in [-0.25, -0.2) is 15.0 Å². The molecule has 0 atom stereocenters. The minimum atomic E-state index is 0.605. The minimum absolute atomic E-state index is 0.605. The van der Waals surface area contributed by atoms with Gasteiger partial charge in [0.2, 0.25) is 0 Å². The Kier molecular flexibility index (Phi) is 7.43. The van der Waals surface area contributed by atoms with Gasteiger partial charge in [0.15, 0.2) is 17.5 Å². The molecule has 0 aliphatic carbocycles. The van der Waals surface area contributed by atoms with E-state index in [1.807, 2.05) is 54.6 Å². The molecule has 0 saturated heterocycles. The number of furan rings is 1. The number of aromatic nitrogens is 3. The summed E-state index contributed by atoms with van der Waals surface area (Å²) in [5.41, 5.74) is 11.3. The van der Waals surface area contributed by atoms with Crippen LogP contribution in [0.2, 0.25) is 0 Å². The second kappa shape index (κ2) is 12.9. The maximum atomic E-state index is 6.40. The van der Waals surface area contributed by atoms with E-state index in [-0.39, 0.29) is 0 Å². The van der Waals surface area contributed by atoms with E-state index in [1.165, 1.54) is 27.5 Å². The lowest BCUT2D eigenvalue weighted by Gasteiger charge is -2.10. The SMILES string of the molecule is c1ccc(-c2ccc(-c3cccc4oc5ccc(-c6nc(-c7ccccc7)nc(-c7ccc(-c8ccc9ccccc9c8)cc7)n6)cc5c34)cc2)cc1. The van der Waals surface area contributed by atoms with Crippen LogP contribution in [0, 0.1) is 0 Å². The highest BCUT2D eigenvalue weighted by molar-refractivity contribution is 6.13. The summed E-state index contributed by atoms with van der Waals surface area (Å²) in [6.45, 7) is 0.